The molecule has 0 N–H and O–H groups in total. The van der Waals surface area contributed by atoms with Gasteiger partial charge in [-0.15, -0.1) is 12.4 Å². The number of halogens is 1. The van der Waals surface area contributed by atoms with Gasteiger partial charge < -0.3 is 4.90 Å². The topological polar surface area (TPSA) is 27.0 Å². The zero-order valence-corrected chi connectivity index (χ0v) is 15.7. The number of nitriles is 1. The van der Waals surface area contributed by atoms with Gasteiger partial charge >= 0.3 is 0 Å². The summed E-state index contributed by atoms with van der Waals surface area (Å²) in [7, 11) is 0. The van der Waals surface area contributed by atoms with Gasteiger partial charge in [-0.05, 0) is 49.4 Å². The van der Waals surface area contributed by atoms with Gasteiger partial charge in [-0.25, -0.2) is 0 Å². The molecule has 132 valence electrons. The fourth-order valence-electron chi connectivity index (χ4n) is 3.70. The molecular weight excluding hydrogens is 328 g/mol. The van der Waals surface area contributed by atoms with Gasteiger partial charge in [-0.3, -0.25) is 0 Å². The zero-order chi connectivity index (χ0) is 16.8. The van der Waals surface area contributed by atoms with Gasteiger partial charge in [0, 0.05) is 6.54 Å². The quantitative estimate of drug-likeness (QED) is 0.752. The Morgan fingerprint density at radius 3 is 1.88 bits per heavy atom. The van der Waals surface area contributed by atoms with Crippen molar-refractivity contribution in [3.05, 3.63) is 71.8 Å². The van der Waals surface area contributed by atoms with E-state index in [-0.39, 0.29) is 12.4 Å². The van der Waals surface area contributed by atoms with Crippen molar-refractivity contribution in [1.82, 2.24) is 4.90 Å². The predicted octanol–water partition coefficient (Wildman–Crippen LogP) is 5.04. The smallest absolute Gasteiger partial charge is 0.108 e. The largest absolute Gasteiger partial charge is 0.303 e. The minimum atomic E-state index is -0.564. The highest BCUT2D eigenvalue weighted by Gasteiger charge is 2.34. The van der Waals surface area contributed by atoms with E-state index in [2.05, 4.69) is 42.2 Å². The second kappa shape index (κ2) is 9.04. The van der Waals surface area contributed by atoms with Crippen LogP contribution in [0.25, 0.3) is 0 Å². The molecule has 3 heteroatoms. The molecule has 1 aliphatic rings. The number of hydrogen-bond donors (Lipinski definition) is 0. The van der Waals surface area contributed by atoms with Gasteiger partial charge in [-0.2, -0.15) is 5.26 Å². The van der Waals surface area contributed by atoms with Crippen LogP contribution in [0, 0.1) is 17.2 Å². The third kappa shape index (κ3) is 4.42. The molecule has 0 spiro atoms. The van der Waals surface area contributed by atoms with E-state index in [0.717, 1.165) is 43.1 Å². The van der Waals surface area contributed by atoms with Gasteiger partial charge in [-0.1, -0.05) is 67.6 Å². The molecule has 2 nitrogen and oxygen atoms in total. The van der Waals surface area contributed by atoms with Crippen molar-refractivity contribution in [3.8, 4) is 6.07 Å². The molecule has 0 radical (unpaired) electrons. The van der Waals surface area contributed by atoms with E-state index in [1.807, 2.05) is 36.4 Å². The van der Waals surface area contributed by atoms with Crippen molar-refractivity contribution in [2.24, 2.45) is 5.92 Å². The van der Waals surface area contributed by atoms with Crippen LogP contribution in [0.3, 0.4) is 0 Å². The summed E-state index contributed by atoms with van der Waals surface area (Å²) >= 11 is 0. The molecule has 0 saturated carbocycles. The van der Waals surface area contributed by atoms with E-state index in [1.165, 1.54) is 12.8 Å². The van der Waals surface area contributed by atoms with Crippen LogP contribution >= 0.6 is 12.4 Å². The van der Waals surface area contributed by atoms with Crippen molar-refractivity contribution in [1.29, 1.82) is 5.26 Å². The molecule has 0 aliphatic carbocycles. The van der Waals surface area contributed by atoms with Crippen LogP contribution in [0.15, 0.2) is 60.7 Å². The number of likely N-dealkylation sites (tertiary alicyclic amines) is 1. The van der Waals surface area contributed by atoms with Crippen LogP contribution in [0.4, 0.5) is 0 Å². The Morgan fingerprint density at radius 1 is 0.960 bits per heavy atom. The second-order valence-corrected chi connectivity index (χ2v) is 7.02. The summed E-state index contributed by atoms with van der Waals surface area (Å²) in [6.07, 6.45) is 3.39. The highest BCUT2D eigenvalue weighted by atomic mass is 35.5. The number of hydrogen-bond acceptors (Lipinski definition) is 2. The average molecular weight is 355 g/mol. The lowest BCUT2D eigenvalue weighted by molar-refractivity contribution is 0.184. The SMILES string of the molecule is CC1CCN(CCC(C#N)(c2ccccc2)c2ccccc2)CC1.Cl. The van der Waals surface area contributed by atoms with Crippen LogP contribution in [0.1, 0.15) is 37.3 Å². The lowest BCUT2D eigenvalue weighted by Gasteiger charge is -2.34. The summed E-state index contributed by atoms with van der Waals surface area (Å²) in [5.74, 6) is 0.838. The minimum Gasteiger partial charge on any atom is -0.303 e. The lowest BCUT2D eigenvalue weighted by atomic mass is 9.73. The van der Waals surface area contributed by atoms with Crippen molar-refractivity contribution in [3.63, 3.8) is 0 Å². The molecule has 0 aromatic heterocycles. The number of nitrogens with zero attached hydrogens (tertiary/aromatic N) is 2. The molecule has 2 aromatic carbocycles. The lowest BCUT2D eigenvalue weighted by Crippen LogP contribution is -2.37. The molecule has 1 fully saturated rings. The van der Waals surface area contributed by atoms with Gasteiger partial charge in [0.15, 0.2) is 0 Å². The monoisotopic (exact) mass is 354 g/mol. The predicted molar refractivity (Wildman–Crippen MR) is 106 cm³/mol. The Morgan fingerprint density at radius 2 is 1.44 bits per heavy atom. The summed E-state index contributed by atoms with van der Waals surface area (Å²) in [4.78, 5) is 2.53. The Bertz CT molecular complexity index is 631. The fourth-order valence-corrected chi connectivity index (χ4v) is 3.70. The maximum atomic E-state index is 10.2. The Balaban J connectivity index is 0.00000225. The van der Waals surface area contributed by atoms with E-state index in [0.29, 0.717) is 0 Å². The van der Waals surface area contributed by atoms with Crippen LogP contribution in [-0.4, -0.2) is 24.5 Å². The first kappa shape index (κ1) is 19.5. The summed E-state index contributed by atoms with van der Waals surface area (Å²) in [6, 6.07) is 23.2. The first-order chi connectivity index (χ1) is 11.7. The van der Waals surface area contributed by atoms with Crippen LogP contribution < -0.4 is 0 Å². The first-order valence-electron chi connectivity index (χ1n) is 8.99. The molecule has 25 heavy (non-hydrogen) atoms. The third-order valence-corrected chi connectivity index (χ3v) is 5.40. The molecule has 0 unspecified atom stereocenters. The molecule has 0 atom stereocenters. The van der Waals surface area contributed by atoms with Gasteiger partial charge in [0.05, 0.1) is 6.07 Å². The van der Waals surface area contributed by atoms with E-state index in [1.54, 1.807) is 0 Å². The normalized spacial score (nSPS) is 16.0. The van der Waals surface area contributed by atoms with Crippen LogP contribution in [-0.2, 0) is 5.41 Å². The number of benzene rings is 2. The summed E-state index contributed by atoms with van der Waals surface area (Å²) in [6.45, 7) is 5.63. The molecule has 1 saturated heterocycles. The maximum absolute atomic E-state index is 10.2. The van der Waals surface area contributed by atoms with E-state index in [4.69, 9.17) is 0 Å². The van der Waals surface area contributed by atoms with Gasteiger partial charge in [0.1, 0.15) is 5.41 Å². The van der Waals surface area contributed by atoms with Gasteiger partial charge in [0.2, 0.25) is 0 Å². The maximum Gasteiger partial charge on any atom is 0.108 e. The molecule has 0 amide bonds. The molecule has 0 bridgehead atoms. The molecule has 2 aromatic rings. The highest BCUT2D eigenvalue weighted by molar-refractivity contribution is 5.85. The zero-order valence-electron chi connectivity index (χ0n) is 14.9. The van der Waals surface area contributed by atoms with E-state index in [9.17, 15) is 5.26 Å². The van der Waals surface area contributed by atoms with Crippen molar-refractivity contribution >= 4 is 12.4 Å². The summed E-state index contributed by atoms with van der Waals surface area (Å²) in [5, 5.41) is 10.2. The summed E-state index contributed by atoms with van der Waals surface area (Å²) < 4.78 is 0. The van der Waals surface area contributed by atoms with Crippen LogP contribution in [0.5, 0.6) is 0 Å². The number of rotatable bonds is 5. The molecular formula is C22H27ClN2. The minimum absolute atomic E-state index is 0. The van der Waals surface area contributed by atoms with Crippen LogP contribution in [0.2, 0.25) is 0 Å². The fraction of sp³-hybridized carbons (Fsp3) is 0.409. The second-order valence-electron chi connectivity index (χ2n) is 7.02. The highest BCUT2D eigenvalue weighted by Crippen LogP contribution is 2.35. The van der Waals surface area contributed by atoms with Gasteiger partial charge in [0.25, 0.3) is 0 Å². The van der Waals surface area contributed by atoms with E-state index < -0.39 is 5.41 Å². The number of piperidine rings is 1. The summed E-state index contributed by atoms with van der Waals surface area (Å²) in [5.41, 5.74) is 1.64. The average Bonchev–Trinajstić information content (AvgIpc) is 2.66. The van der Waals surface area contributed by atoms with Crippen molar-refractivity contribution < 1.29 is 0 Å². The molecule has 3 rings (SSSR count). The Kier molecular flexibility index (Phi) is 7.05. The first-order valence-corrected chi connectivity index (χ1v) is 8.99. The standard InChI is InChI=1S/C22H26N2.ClH/c1-19-12-15-24(16-13-19)17-14-22(18-23,20-8-4-2-5-9-20)21-10-6-3-7-11-21;/h2-11,19H,12-17H2,1H3;1H. The van der Waals surface area contributed by atoms with Crippen molar-refractivity contribution in [2.45, 2.75) is 31.6 Å². The Labute approximate surface area is 157 Å². The van der Waals surface area contributed by atoms with E-state index >= 15 is 0 Å². The molecule has 1 aliphatic heterocycles. The van der Waals surface area contributed by atoms with Crippen molar-refractivity contribution in [2.75, 3.05) is 19.6 Å². The Hall–Kier alpha value is -1.82. The molecule has 1 heterocycles. The third-order valence-electron chi connectivity index (χ3n) is 5.40.